The van der Waals surface area contributed by atoms with Gasteiger partial charge in [-0.15, -0.1) is 0 Å². The molecule has 6 heteroatoms. The molecular formula is C29H59NO5. The summed E-state index contributed by atoms with van der Waals surface area (Å²) in [5.74, 6) is 0.452. The van der Waals surface area contributed by atoms with Crippen LogP contribution >= 0.6 is 0 Å². The van der Waals surface area contributed by atoms with E-state index in [0.29, 0.717) is 32.1 Å². The van der Waals surface area contributed by atoms with Gasteiger partial charge < -0.3 is 19.7 Å². The second-order valence-electron chi connectivity index (χ2n) is 10.2. The molecule has 6 nitrogen and oxygen atoms in total. The summed E-state index contributed by atoms with van der Waals surface area (Å²) in [4.78, 5) is 14.4. The number of aliphatic hydroxyl groups is 2. The lowest BCUT2D eigenvalue weighted by molar-refractivity contribution is -0.145. The fraction of sp³-hybridized carbons (Fsp3) is 0.966. The summed E-state index contributed by atoms with van der Waals surface area (Å²) in [6.07, 6.45) is 17.2. The number of ether oxygens (including phenoxy) is 2. The van der Waals surface area contributed by atoms with Crippen LogP contribution < -0.4 is 0 Å². The minimum absolute atomic E-state index is 0.0611. The van der Waals surface area contributed by atoms with Gasteiger partial charge >= 0.3 is 5.97 Å². The zero-order valence-corrected chi connectivity index (χ0v) is 23.5. The fourth-order valence-corrected chi connectivity index (χ4v) is 4.29. The molecule has 0 aliphatic rings. The van der Waals surface area contributed by atoms with Crippen molar-refractivity contribution in [2.24, 2.45) is 5.92 Å². The molecule has 210 valence electrons. The molecule has 0 rings (SSSR count). The molecule has 2 N–H and O–H groups in total. The van der Waals surface area contributed by atoms with Crippen LogP contribution in [0.3, 0.4) is 0 Å². The van der Waals surface area contributed by atoms with E-state index in [9.17, 15) is 9.90 Å². The third-order valence-electron chi connectivity index (χ3n) is 6.64. The van der Waals surface area contributed by atoms with Gasteiger partial charge in [0.1, 0.15) is 0 Å². The predicted molar refractivity (Wildman–Crippen MR) is 146 cm³/mol. The predicted octanol–water partition coefficient (Wildman–Crippen LogP) is 6.12. The van der Waals surface area contributed by atoms with Crippen LogP contribution in [0, 0.1) is 5.92 Å². The normalized spacial score (nSPS) is 12.5. The second kappa shape index (κ2) is 26.4. The molecule has 0 aromatic carbocycles. The van der Waals surface area contributed by atoms with Crippen molar-refractivity contribution in [3.05, 3.63) is 0 Å². The Morgan fingerprint density at radius 1 is 0.771 bits per heavy atom. The molecule has 0 saturated heterocycles. The molecule has 35 heavy (non-hydrogen) atoms. The summed E-state index contributed by atoms with van der Waals surface area (Å²) in [6, 6.07) is 0. The Morgan fingerprint density at radius 3 is 2.00 bits per heavy atom. The number of carbonyl (C=O) groups excluding carboxylic acids is 1. The van der Waals surface area contributed by atoms with Crippen molar-refractivity contribution in [3.8, 4) is 0 Å². The van der Waals surface area contributed by atoms with E-state index in [-0.39, 0.29) is 12.6 Å². The van der Waals surface area contributed by atoms with Crippen LogP contribution in [0.4, 0.5) is 0 Å². The number of carbonyl (C=O) groups is 1. The third kappa shape index (κ3) is 23.5. The highest BCUT2D eigenvalue weighted by Crippen LogP contribution is 2.19. The summed E-state index contributed by atoms with van der Waals surface area (Å²) in [5, 5.41) is 19.0. The number of aliphatic hydroxyl groups excluding tert-OH is 2. The van der Waals surface area contributed by atoms with E-state index in [1.807, 2.05) is 0 Å². The molecule has 1 unspecified atom stereocenters. The minimum Gasteiger partial charge on any atom is -0.465 e. The van der Waals surface area contributed by atoms with Crippen molar-refractivity contribution < 1.29 is 24.5 Å². The van der Waals surface area contributed by atoms with E-state index in [1.54, 1.807) is 0 Å². The van der Waals surface area contributed by atoms with Crippen molar-refractivity contribution in [1.29, 1.82) is 0 Å². The maximum Gasteiger partial charge on any atom is 0.305 e. The largest absolute Gasteiger partial charge is 0.465 e. The first-order chi connectivity index (χ1) is 17.1. The zero-order chi connectivity index (χ0) is 26.0. The van der Waals surface area contributed by atoms with Gasteiger partial charge in [0.05, 0.1) is 25.9 Å². The summed E-state index contributed by atoms with van der Waals surface area (Å²) in [7, 11) is 0. The number of nitrogens with zero attached hydrogens (tertiary/aromatic N) is 1. The Bertz CT molecular complexity index is 437. The molecule has 0 aromatic heterocycles. The van der Waals surface area contributed by atoms with Gasteiger partial charge in [0.15, 0.2) is 0 Å². The SMILES string of the molecule is CCCCCCC(CCCCCC)COC(=O)CCCCCN(CCOCCCC)CC(O)CO. The Morgan fingerprint density at radius 2 is 1.40 bits per heavy atom. The molecule has 0 bridgehead atoms. The average Bonchev–Trinajstić information content (AvgIpc) is 2.86. The first-order valence-electron chi connectivity index (χ1n) is 14.8. The van der Waals surface area contributed by atoms with Crippen LogP contribution in [-0.2, 0) is 14.3 Å². The van der Waals surface area contributed by atoms with Gasteiger partial charge in [-0.2, -0.15) is 0 Å². The van der Waals surface area contributed by atoms with E-state index < -0.39 is 6.10 Å². The average molecular weight is 502 g/mol. The first-order valence-corrected chi connectivity index (χ1v) is 14.8. The lowest BCUT2D eigenvalue weighted by atomic mass is 9.95. The highest BCUT2D eigenvalue weighted by molar-refractivity contribution is 5.69. The third-order valence-corrected chi connectivity index (χ3v) is 6.64. The molecule has 1 atom stereocenters. The topological polar surface area (TPSA) is 79.2 Å². The first kappa shape index (κ1) is 34.3. The van der Waals surface area contributed by atoms with Crippen LogP contribution in [0.5, 0.6) is 0 Å². The summed E-state index contributed by atoms with van der Waals surface area (Å²) >= 11 is 0. The molecule has 0 aliphatic heterocycles. The number of esters is 1. The second-order valence-corrected chi connectivity index (χ2v) is 10.2. The van der Waals surface area contributed by atoms with E-state index in [0.717, 1.165) is 51.8 Å². The van der Waals surface area contributed by atoms with Crippen molar-refractivity contribution in [1.82, 2.24) is 4.90 Å². The summed E-state index contributed by atoms with van der Waals surface area (Å²) in [6.45, 7) is 10.4. The van der Waals surface area contributed by atoms with E-state index in [1.165, 1.54) is 64.2 Å². The van der Waals surface area contributed by atoms with Gasteiger partial charge in [-0.1, -0.05) is 85.0 Å². The van der Waals surface area contributed by atoms with Crippen LogP contribution in [0.2, 0.25) is 0 Å². The highest BCUT2D eigenvalue weighted by atomic mass is 16.5. The van der Waals surface area contributed by atoms with E-state index in [4.69, 9.17) is 14.6 Å². The highest BCUT2D eigenvalue weighted by Gasteiger charge is 2.13. The van der Waals surface area contributed by atoms with Crippen molar-refractivity contribution in [2.45, 2.75) is 130 Å². The maximum atomic E-state index is 12.3. The van der Waals surface area contributed by atoms with Crippen LogP contribution in [0.15, 0.2) is 0 Å². The standard InChI is InChI=1S/C29H59NO5/c1-4-7-10-13-17-27(18-14-11-8-5-2)26-35-29(33)19-15-12-16-20-30(24-28(32)25-31)21-23-34-22-9-6-3/h27-28,31-32H,4-26H2,1-3H3. The van der Waals surface area contributed by atoms with Gasteiger partial charge in [0, 0.05) is 26.1 Å². The minimum atomic E-state index is -0.725. The van der Waals surface area contributed by atoms with Crippen LogP contribution in [0.25, 0.3) is 0 Å². The lowest BCUT2D eigenvalue weighted by Crippen LogP contribution is -2.37. The van der Waals surface area contributed by atoms with Crippen molar-refractivity contribution in [3.63, 3.8) is 0 Å². The van der Waals surface area contributed by atoms with Gasteiger partial charge in [0.25, 0.3) is 0 Å². The summed E-state index contributed by atoms with van der Waals surface area (Å²) < 4.78 is 11.3. The molecule has 0 saturated carbocycles. The molecule has 0 radical (unpaired) electrons. The van der Waals surface area contributed by atoms with Gasteiger partial charge in [-0.25, -0.2) is 0 Å². The Kier molecular flexibility index (Phi) is 25.9. The smallest absolute Gasteiger partial charge is 0.305 e. The molecule has 0 amide bonds. The molecule has 0 spiro atoms. The van der Waals surface area contributed by atoms with Gasteiger partial charge in [0.2, 0.25) is 0 Å². The zero-order valence-electron chi connectivity index (χ0n) is 23.5. The monoisotopic (exact) mass is 501 g/mol. The number of hydrogen-bond acceptors (Lipinski definition) is 6. The van der Waals surface area contributed by atoms with Crippen molar-refractivity contribution >= 4 is 5.97 Å². The van der Waals surface area contributed by atoms with E-state index in [2.05, 4.69) is 25.7 Å². The number of unbranched alkanes of at least 4 members (excludes halogenated alkanes) is 9. The Hall–Kier alpha value is -0.690. The van der Waals surface area contributed by atoms with Gasteiger partial charge in [-0.05, 0) is 44.6 Å². The maximum absolute atomic E-state index is 12.3. The number of hydrogen-bond donors (Lipinski definition) is 2. The van der Waals surface area contributed by atoms with E-state index >= 15 is 0 Å². The quantitative estimate of drug-likeness (QED) is 0.104. The fourth-order valence-electron chi connectivity index (χ4n) is 4.29. The molecule has 0 heterocycles. The van der Waals surface area contributed by atoms with Crippen molar-refractivity contribution in [2.75, 3.05) is 46.1 Å². The Labute approximate surface area is 217 Å². The summed E-state index contributed by atoms with van der Waals surface area (Å²) in [5.41, 5.74) is 0. The lowest BCUT2D eigenvalue weighted by Gasteiger charge is -2.24. The van der Waals surface area contributed by atoms with Crippen LogP contribution in [0.1, 0.15) is 124 Å². The van der Waals surface area contributed by atoms with Crippen LogP contribution in [-0.4, -0.2) is 73.2 Å². The molecular weight excluding hydrogens is 442 g/mol. The van der Waals surface area contributed by atoms with Gasteiger partial charge in [-0.3, -0.25) is 9.69 Å². The number of rotatable bonds is 27. The molecule has 0 fully saturated rings. The molecule has 0 aliphatic carbocycles. The Balaban J connectivity index is 4.14. The molecule has 0 aromatic rings.